The predicted molar refractivity (Wildman–Crippen MR) is 72.0 cm³/mol. The number of nitro benzene ring substituents is 1. The van der Waals surface area contributed by atoms with Gasteiger partial charge < -0.3 is 9.80 Å². The van der Waals surface area contributed by atoms with E-state index in [2.05, 4.69) is 30.7 Å². The average Bonchev–Trinajstić information content (AvgIpc) is 2.28. The summed E-state index contributed by atoms with van der Waals surface area (Å²) in [5, 5.41) is 10.6. The Morgan fingerprint density at radius 3 is 2.33 bits per heavy atom. The first-order chi connectivity index (χ1) is 8.40. The number of benzene rings is 1. The summed E-state index contributed by atoms with van der Waals surface area (Å²) in [5.74, 6) is 0. The van der Waals surface area contributed by atoms with Crippen molar-refractivity contribution in [1.29, 1.82) is 0 Å². The van der Waals surface area contributed by atoms with E-state index in [1.807, 2.05) is 12.1 Å². The maximum absolute atomic E-state index is 10.6. The monoisotopic (exact) mass is 249 g/mol. The molecule has 0 unspecified atom stereocenters. The highest BCUT2D eigenvalue weighted by Crippen LogP contribution is 2.28. The SMILES string of the molecule is CN1CCN(c2ccc([N+](=O)[O-])cc2)C(C)(C)C1. The molecule has 0 saturated carbocycles. The van der Waals surface area contributed by atoms with E-state index in [9.17, 15) is 10.1 Å². The number of hydrogen-bond donors (Lipinski definition) is 0. The Labute approximate surface area is 107 Å². The Hall–Kier alpha value is -1.62. The lowest BCUT2D eigenvalue weighted by Gasteiger charge is -2.47. The fraction of sp³-hybridized carbons (Fsp3) is 0.538. The molecule has 0 aromatic heterocycles. The van der Waals surface area contributed by atoms with Gasteiger partial charge in [0.25, 0.3) is 5.69 Å². The second-order valence-electron chi connectivity index (χ2n) is 5.48. The van der Waals surface area contributed by atoms with E-state index in [-0.39, 0.29) is 16.1 Å². The van der Waals surface area contributed by atoms with Crippen molar-refractivity contribution in [3.8, 4) is 0 Å². The molecular formula is C13H19N3O2. The van der Waals surface area contributed by atoms with Crippen LogP contribution in [0.2, 0.25) is 0 Å². The summed E-state index contributed by atoms with van der Waals surface area (Å²) < 4.78 is 0. The summed E-state index contributed by atoms with van der Waals surface area (Å²) >= 11 is 0. The molecule has 1 fully saturated rings. The highest BCUT2D eigenvalue weighted by Gasteiger charge is 2.32. The van der Waals surface area contributed by atoms with E-state index >= 15 is 0 Å². The van der Waals surface area contributed by atoms with Crippen molar-refractivity contribution >= 4 is 11.4 Å². The lowest BCUT2D eigenvalue weighted by Crippen LogP contribution is -2.58. The molecule has 18 heavy (non-hydrogen) atoms. The van der Waals surface area contributed by atoms with Crippen molar-refractivity contribution < 1.29 is 4.92 Å². The molecule has 1 aliphatic heterocycles. The molecule has 5 nitrogen and oxygen atoms in total. The van der Waals surface area contributed by atoms with Gasteiger partial charge in [0.2, 0.25) is 0 Å². The van der Waals surface area contributed by atoms with Gasteiger partial charge in [-0.2, -0.15) is 0 Å². The minimum Gasteiger partial charge on any atom is -0.364 e. The lowest BCUT2D eigenvalue weighted by atomic mass is 9.98. The van der Waals surface area contributed by atoms with Crippen LogP contribution in [0.4, 0.5) is 11.4 Å². The summed E-state index contributed by atoms with van der Waals surface area (Å²) in [4.78, 5) is 14.9. The van der Waals surface area contributed by atoms with Gasteiger partial charge in [-0.25, -0.2) is 0 Å². The molecule has 0 spiro atoms. The second-order valence-corrected chi connectivity index (χ2v) is 5.48. The Morgan fingerprint density at radius 2 is 1.83 bits per heavy atom. The summed E-state index contributed by atoms with van der Waals surface area (Å²) in [6.45, 7) is 7.35. The first kappa shape index (κ1) is 12.8. The van der Waals surface area contributed by atoms with Crippen molar-refractivity contribution in [3.05, 3.63) is 34.4 Å². The summed E-state index contributed by atoms with van der Waals surface area (Å²) in [5.41, 5.74) is 1.24. The third-order valence-corrected chi connectivity index (χ3v) is 3.47. The van der Waals surface area contributed by atoms with Crippen LogP contribution in [-0.4, -0.2) is 42.0 Å². The molecule has 1 aliphatic rings. The van der Waals surface area contributed by atoms with Gasteiger partial charge in [-0.15, -0.1) is 0 Å². The van der Waals surface area contributed by atoms with Gasteiger partial charge in [0.15, 0.2) is 0 Å². The van der Waals surface area contributed by atoms with Gasteiger partial charge >= 0.3 is 0 Å². The van der Waals surface area contributed by atoms with Gasteiger partial charge in [-0.1, -0.05) is 0 Å². The van der Waals surface area contributed by atoms with E-state index in [1.54, 1.807) is 12.1 Å². The Kier molecular flexibility index (Phi) is 3.26. The molecule has 1 aromatic carbocycles. The Morgan fingerprint density at radius 1 is 1.22 bits per heavy atom. The molecule has 0 aliphatic carbocycles. The molecule has 2 rings (SSSR count). The van der Waals surface area contributed by atoms with Gasteiger partial charge in [0.1, 0.15) is 0 Å². The molecule has 0 amide bonds. The maximum Gasteiger partial charge on any atom is 0.269 e. The summed E-state index contributed by atoms with van der Waals surface area (Å²) in [7, 11) is 2.12. The summed E-state index contributed by atoms with van der Waals surface area (Å²) in [6.07, 6.45) is 0. The predicted octanol–water partition coefficient (Wildman–Crippen LogP) is 2.13. The van der Waals surface area contributed by atoms with Crippen molar-refractivity contribution in [2.45, 2.75) is 19.4 Å². The molecule has 0 N–H and O–H groups in total. The van der Waals surface area contributed by atoms with Gasteiger partial charge in [0, 0.05) is 43.0 Å². The van der Waals surface area contributed by atoms with Crippen molar-refractivity contribution in [2.75, 3.05) is 31.6 Å². The smallest absolute Gasteiger partial charge is 0.269 e. The normalized spacial score (nSPS) is 19.8. The van der Waals surface area contributed by atoms with E-state index in [1.165, 1.54) is 0 Å². The zero-order valence-corrected chi connectivity index (χ0v) is 11.1. The third-order valence-electron chi connectivity index (χ3n) is 3.47. The average molecular weight is 249 g/mol. The molecule has 1 aromatic rings. The Bertz CT molecular complexity index is 442. The Balaban J connectivity index is 2.23. The van der Waals surface area contributed by atoms with Crippen molar-refractivity contribution in [1.82, 2.24) is 4.90 Å². The number of anilines is 1. The number of nitrogens with zero attached hydrogens (tertiary/aromatic N) is 3. The third kappa shape index (κ3) is 2.46. The van der Waals surface area contributed by atoms with Crippen LogP contribution in [0.25, 0.3) is 0 Å². The molecule has 0 bridgehead atoms. The van der Waals surface area contributed by atoms with Gasteiger partial charge in [-0.3, -0.25) is 10.1 Å². The van der Waals surface area contributed by atoms with E-state index in [4.69, 9.17) is 0 Å². The van der Waals surface area contributed by atoms with Crippen LogP contribution in [0.15, 0.2) is 24.3 Å². The number of non-ortho nitro benzene ring substituents is 1. The highest BCUT2D eigenvalue weighted by atomic mass is 16.6. The molecule has 1 heterocycles. The maximum atomic E-state index is 10.6. The molecule has 0 atom stereocenters. The van der Waals surface area contributed by atoms with Crippen molar-refractivity contribution in [2.24, 2.45) is 0 Å². The topological polar surface area (TPSA) is 49.6 Å². The van der Waals surface area contributed by atoms with E-state index < -0.39 is 0 Å². The van der Waals surface area contributed by atoms with Crippen LogP contribution in [0.3, 0.4) is 0 Å². The molecular weight excluding hydrogens is 230 g/mol. The molecule has 5 heteroatoms. The van der Waals surface area contributed by atoms with Crippen LogP contribution in [0.5, 0.6) is 0 Å². The standard InChI is InChI=1S/C13H19N3O2/c1-13(2)10-14(3)8-9-15(13)11-4-6-12(7-5-11)16(17)18/h4-7H,8-10H2,1-3H3. The molecule has 0 radical (unpaired) electrons. The molecule has 1 saturated heterocycles. The fourth-order valence-electron chi connectivity index (χ4n) is 2.63. The number of likely N-dealkylation sites (N-methyl/N-ethyl adjacent to an activating group) is 1. The van der Waals surface area contributed by atoms with Crippen LogP contribution in [0.1, 0.15) is 13.8 Å². The van der Waals surface area contributed by atoms with Gasteiger partial charge in [0.05, 0.1) is 4.92 Å². The van der Waals surface area contributed by atoms with E-state index in [0.29, 0.717) is 0 Å². The largest absolute Gasteiger partial charge is 0.364 e. The minimum absolute atomic E-state index is 0.0448. The number of nitro groups is 1. The van der Waals surface area contributed by atoms with Crippen LogP contribution in [0, 0.1) is 10.1 Å². The minimum atomic E-state index is -0.362. The zero-order chi connectivity index (χ0) is 13.3. The first-order valence-electron chi connectivity index (χ1n) is 6.11. The van der Waals surface area contributed by atoms with Crippen LogP contribution < -0.4 is 4.90 Å². The zero-order valence-electron chi connectivity index (χ0n) is 11.1. The number of piperazine rings is 1. The summed E-state index contributed by atoms with van der Waals surface area (Å²) in [6, 6.07) is 6.82. The van der Waals surface area contributed by atoms with Crippen LogP contribution >= 0.6 is 0 Å². The molecule has 98 valence electrons. The van der Waals surface area contributed by atoms with E-state index in [0.717, 1.165) is 25.3 Å². The quantitative estimate of drug-likeness (QED) is 0.595. The number of hydrogen-bond acceptors (Lipinski definition) is 4. The van der Waals surface area contributed by atoms with Crippen LogP contribution in [-0.2, 0) is 0 Å². The lowest BCUT2D eigenvalue weighted by molar-refractivity contribution is -0.384. The number of rotatable bonds is 2. The highest BCUT2D eigenvalue weighted by molar-refractivity contribution is 5.53. The fourth-order valence-corrected chi connectivity index (χ4v) is 2.63. The second kappa shape index (κ2) is 4.57. The van der Waals surface area contributed by atoms with Crippen molar-refractivity contribution in [3.63, 3.8) is 0 Å². The van der Waals surface area contributed by atoms with Gasteiger partial charge in [-0.05, 0) is 33.0 Å². The first-order valence-corrected chi connectivity index (χ1v) is 6.11.